The highest BCUT2D eigenvalue weighted by atomic mass is 79.9. The Balaban J connectivity index is 0.00000180. The fourth-order valence-electron chi connectivity index (χ4n) is 2.58. The maximum absolute atomic E-state index is 12.4. The molecule has 1 amide bonds. The van der Waals surface area contributed by atoms with Crippen molar-refractivity contribution in [1.82, 2.24) is 5.32 Å². The lowest BCUT2D eigenvalue weighted by Gasteiger charge is -2.29. The lowest BCUT2D eigenvalue weighted by Crippen LogP contribution is -2.51. The van der Waals surface area contributed by atoms with E-state index in [1.54, 1.807) is 0 Å². The molecule has 0 radical (unpaired) electrons. The summed E-state index contributed by atoms with van der Waals surface area (Å²) >= 11 is 3.40. The van der Waals surface area contributed by atoms with E-state index in [0.29, 0.717) is 6.54 Å². The topological polar surface area (TPSA) is 55.1 Å². The summed E-state index contributed by atoms with van der Waals surface area (Å²) in [7, 11) is 0. The van der Waals surface area contributed by atoms with Gasteiger partial charge in [0.15, 0.2) is 0 Å². The lowest BCUT2D eigenvalue weighted by atomic mass is 9.96. The molecule has 0 aromatic heterocycles. The normalized spacial score (nSPS) is 16.8. The predicted octanol–water partition coefficient (Wildman–Crippen LogP) is 3.18. The Morgan fingerprint density at radius 1 is 1.42 bits per heavy atom. The van der Waals surface area contributed by atoms with Crippen LogP contribution < -0.4 is 11.1 Å². The first-order valence-corrected chi connectivity index (χ1v) is 7.14. The number of rotatable bonds is 3. The fourth-order valence-corrected chi connectivity index (χ4v) is 2.94. The average molecular weight is 348 g/mol. The van der Waals surface area contributed by atoms with Gasteiger partial charge in [0, 0.05) is 16.6 Å². The molecule has 0 aliphatic heterocycles. The van der Waals surface area contributed by atoms with E-state index in [9.17, 15) is 4.79 Å². The van der Waals surface area contributed by atoms with E-state index >= 15 is 0 Å². The Morgan fingerprint density at radius 2 is 2.05 bits per heavy atom. The summed E-state index contributed by atoms with van der Waals surface area (Å²) in [5.41, 5.74) is 7.36. The number of hydrogen-bond acceptors (Lipinski definition) is 2. The summed E-state index contributed by atoms with van der Waals surface area (Å²) in [4.78, 5) is 12.4. The van der Waals surface area contributed by atoms with Crippen LogP contribution in [0.4, 0.5) is 0 Å². The molecule has 3 N–H and O–H groups in total. The maximum Gasteiger partial charge on any atom is 0.252 e. The smallest absolute Gasteiger partial charge is 0.252 e. The van der Waals surface area contributed by atoms with Gasteiger partial charge in [0.2, 0.25) is 0 Å². The largest absolute Gasteiger partial charge is 0.345 e. The van der Waals surface area contributed by atoms with Crippen molar-refractivity contribution in [3.8, 4) is 0 Å². The minimum absolute atomic E-state index is 0. The van der Waals surface area contributed by atoms with Gasteiger partial charge in [0.25, 0.3) is 5.91 Å². The van der Waals surface area contributed by atoms with Crippen molar-refractivity contribution in [2.24, 2.45) is 5.73 Å². The number of nitrogens with one attached hydrogen (secondary N) is 1. The number of nitrogens with two attached hydrogens (primary N) is 1. The van der Waals surface area contributed by atoms with Gasteiger partial charge in [0.05, 0.1) is 5.54 Å². The SMILES string of the molecule is Cc1ccc(Br)cc1C(=O)NC1(CN)CCCC1.Cl. The molecule has 106 valence electrons. The van der Waals surface area contributed by atoms with E-state index in [1.807, 2.05) is 25.1 Å². The van der Waals surface area contributed by atoms with Gasteiger partial charge >= 0.3 is 0 Å². The van der Waals surface area contributed by atoms with Gasteiger partial charge in [-0.2, -0.15) is 0 Å². The van der Waals surface area contributed by atoms with Gasteiger partial charge < -0.3 is 11.1 Å². The highest BCUT2D eigenvalue weighted by Gasteiger charge is 2.34. The summed E-state index contributed by atoms with van der Waals surface area (Å²) in [6, 6.07) is 5.76. The van der Waals surface area contributed by atoms with Gasteiger partial charge in [-0.15, -0.1) is 12.4 Å². The second kappa shape index (κ2) is 6.73. The molecule has 0 bridgehead atoms. The van der Waals surface area contributed by atoms with Gasteiger partial charge in [-0.3, -0.25) is 4.79 Å². The minimum atomic E-state index is -0.189. The fraction of sp³-hybridized carbons (Fsp3) is 0.500. The summed E-state index contributed by atoms with van der Waals surface area (Å²) < 4.78 is 0.923. The third kappa shape index (κ3) is 3.71. The van der Waals surface area contributed by atoms with Crippen molar-refractivity contribution in [2.45, 2.75) is 38.1 Å². The molecule has 0 unspecified atom stereocenters. The van der Waals surface area contributed by atoms with Crippen LogP contribution in [0, 0.1) is 6.92 Å². The Labute approximate surface area is 128 Å². The van der Waals surface area contributed by atoms with Crippen molar-refractivity contribution < 1.29 is 4.79 Å². The molecule has 19 heavy (non-hydrogen) atoms. The minimum Gasteiger partial charge on any atom is -0.345 e. The molecule has 0 atom stereocenters. The van der Waals surface area contributed by atoms with E-state index in [4.69, 9.17) is 5.73 Å². The van der Waals surface area contributed by atoms with Crippen LogP contribution in [0.3, 0.4) is 0 Å². The first-order valence-electron chi connectivity index (χ1n) is 6.35. The highest BCUT2D eigenvalue weighted by Crippen LogP contribution is 2.29. The Hall–Kier alpha value is -0.580. The van der Waals surface area contributed by atoms with Gasteiger partial charge in [-0.1, -0.05) is 34.8 Å². The van der Waals surface area contributed by atoms with Crippen molar-refractivity contribution >= 4 is 34.2 Å². The molecule has 5 heteroatoms. The predicted molar refractivity (Wildman–Crippen MR) is 83.8 cm³/mol. The number of aryl methyl sites for hydroxylation is 1. The molecule has 1 aliphatic carbocycles. The highest BCUT2D eigenvalue weighted by molar-refractivity contribution is 9.10. The van der Waals surface area contributed by atoms with Crippen LogP contribution in [0.25, 0.3) is 0 Å². The third-order valence-corrected chi connectivity index (χ3v) is 4.27. The molecule has 1 aliphatic rings. The molecule has 1 saturated carbocycles. The summed E-state index contributed by atoms with van der Waals surface area (Å²) in [6.07, 6.45) is 4.27. The molecular formula is C14H20BrClN2O. The van der Waals surface area contributed by atoms with Crippen molar-refractivity contribution in [2.75, 3.05) is 6.54 Å². The van der Waals surface area contributed by atoms with Crippen LogP contribution in [-0.2, 0) is 0 Å². The van der Waals surface area contributed by atoms with E-state index < -0.39 is 0 Å². The average Bonchev–Trinajstić information content (AvgIpc) is 2.81. The summed E-state index contributed by atoms with van der Waals surface area (Å²) in [5, 5.41) is 3.14. The number of amides is 1. The van der Waals surface area contributed by atoms with Crippen LogP contribution in [-0.4, -0.2) is 18.0 Å². The molecule has 0 spiro atoms. The Morgan fingerprint density at radius 3 is 2.63 bits per heavy atom. The van der Waals surface area contributed by atoms with E-state index in [0.717, 1.165) is 41.3 Å². The summed E-state index contributed by atoms with van der Waals surface area (Å²) in [6.45, 7) is 2.47. The monoisotopic (exact) mass is 346 g/mol. The second-order valence-electron chi connectivity index (χ2n) is 5.10. The van der Waals surface area contributed by atoms with Crippen molar-refractivity contribution in [3.05, 3.63) is 33.8 Å². The van der Waals surface area contributed by atoms with Gasteiger partial charge in [-0.05, 0) is 37.5 Å². The van der Waals surface area contributed by atoms with Crippen LogP contribution >= 0.6 is 28.3 Å². The van der Waals surface area contributed by atoms with Crippen LogP contribution in [0.15, 0.2) is 22.7 Å². The zero-order chi connectivity index (χ0) is 13.2. The zero-order valence-corrected chi connectivity index (χ0v) is 13.4. The van der Waals surface area contributed by atoms with Crippen molar-refractivity contribution in [1.29, 1.82) is 0 Å². The molecule has 1 aromatic carbocycles. The molecule has 2 rings (SSSR count). The summed E-state index contributed by atoms with van der Waals surface area (Å²) in [5.74, 6) is -0.0128. The molecule has 1 fully saturated rings. The van der Waals surface area contributed by atoms with Crippen LogP contribution in [0.1, 0.15) is 41.6 Å². The number of carbonyl (C=O) groups is 1. The van der Waals surface area contributed by atoms with Gasteiger partial charge in [0.1, 0.15) is 0 Å². The van der Waals surface area contributed by atoms with E-state index in [2.05, 4.69) is 21.2 Å². The molecular weight excluding hydrogens is 328 g/mol. The van der Waals surface area contributed by atoms with E-state index in [1.165, 1.54) is 0 Å². The second-order valence-corrected chi connectivity index (χ2v) is 6.02. The molecule has 0 heterocycles. The number of carbonyl (C=O) groups excluding carboxylic acids is 1. The molecule has 1 aromatic rings. The lowest BCUT2D eigenvalue weighted by molar-refractivity contribution is 0.0902. The zero-order valence-electron chi connectivity index (χ0n) is 11.0. The van der Waals surface area contributed by atoms with E-state index in [-0.39, 0.29) is 23.9 Å². The number of benzene rings is 1. The van der Waals surface area contributed by atoms with Crippen molar-refractivity contribution in [3.63, 3.8) is 0 Å². The van der Waals surface area contributed by atoms with Crippen LogP contribution in [0.5, 0.6) is 0 Å². The Bertz CT molecular complexity index is 459. The number of hydrogen-bond donors (Lipinski definition) is 2. The maximum atomic E-state index is 12.4. The standard InChI is InChI=1S/C14H19BrN2O.ClH/c1-10-4-5-11(15)8-12(10)13(18)17-14(9-16)6-2-3-7-14;/h4-5,8H,2-3,6-7,9,16H2,1H3,(H,17,18);1H. The third-order valence-electron chi connectivity index (χ3n) is 3.77. The molecule has 3 nitrogen and oxygen atoms in total. The van der Waals surface area contributed by atoms with Crippen LogP contribution in [0.2, 0.25) is 0 Å². The number of halogens is 2. The molecule has 0 saturated heterocycles. The first kappa shape index (κ1) is 16.5. The quantitative estimate of drug-likeness (QED) is 0.882. The first-order chi connectivity index (χ1) is 8.56. The Kier molecular flexibility index (Phi) is 5.83. The van der Waals surface area contributed by atoms with Gasteiger partial charge in [-0.25, -0.2) is 0 Å².